The minimum absolute atomic E-state index is 0.362. The molecule has 0 saturated carbocycles. The molecule has 0 aromatic carbocycles. The van der Waals surface area contributed by atoms with E-state index in [1.807, 2.05) is 0 Å². The Morgan fingerprint density at radius 2 is 1.96 bits per heavy atom. The number of aromatic nitrogens is 4. The van der Waals surface area contributed by atoms with E-state index in [4.69, 9.17) is 20.0 Å². The summed E-state index contributed by atoms with van der Waals surface area (Å²) in [6, 6.07) is 0. The van der Waals surface area contributed by atoms with Crippen LogP contribution in [0.15, 0.2) is 4.52 Å². The molecule has 4 heterocycles. The molecule has 146 valence electrons. The van der Waals surface area contributed by atoms with Crippen LogP contribution in [0.4, 0.5) is 23.3 Å². The summed E-state index contributed by atoms with van der Waals surface area (Å²) in [5.41, 5.74) is 6.99. The molecular weight excluding hydrogens is 348 g/mol. The molecule has 2 aliphatic rings. The summed E-state index contributed by atoms with van der Waals surface area (Å²) in [5, 5.41) is 7.05. The van der Waals surface area contributed by atoms with E-state index < -0.39 is 0 Å². The van der Waals surface area contributed by atoms with Crippen LogP contribution in [0.1, 0.15) is 25.1 Å². The van der Waals surface area contributed by atoms with Crippen LogP contribution in [0.25, 0.3) is 0 Å². The minimum atomic E-state index is 0.362. The molecule has 1 unspecified atom stereocenters. The van der Waals surface area contributed by atoms with Crippen LogP contribution < -0.4 is 20.9 Å². The zero-order chi connectivity index (χ0) is 18.8. The van der Waals surface area contributed by atoms with Crippen molar-refractivity contribution in [3.05, 3.63) is 11.7 Å². The van der Waals surface area contributed by atoms with Gasteiger partial charge in [0.25, 0.3) is 0 Å². The van der Waals surface area contributed by atoms with Gasteiger partial charge in [0.15, 0.2) is 17.5 Å². The van der Waals surface area contributed by atoms with E-state index in [0.29, 0.717) is 54.8 Å². The van der Waals surface area contributed by atoms with Crippen molar-refractivity contribution in [2.24, 2.45) is 5.92 Å². The second-order valence-electron chi connectivity index (χ2n) is 7.14. The van der Waals surface area contributed by atoms with Crippen molar-refractivity contribution < 1.29 is 9.26 Å². The van der Waals surface area contributed by atoms with E-state index in [1.54, 1.807) is 6.92 Å². The summed E-state index contributed by atoms with van der Waals surface area (Å²) < 4.78 is 10.6. The number of ether oxygens (including phenoxy) is 1. The van der Waals surface area contributed by atoms with Gasteiger partial charge in [-0.05, 0) is 19.3 Å². The number of rotatable bonds is 5. The lowest BCUT2D eigenvalue weighted by atomic mass is 10.2. The Balaban J connectivity index is 1.62. The number of morpholine rings is 1. The van der Waals surface area contributed by atoms with Gasteiger partial charge in [-0.25, -0.2) is 0 Å². The lowest BCUT2D eigenvalue weighted by Crippen LogP contribution is -2.38. The predicted octanol–water partition coefficient (Wildman–Crippen LogP) is 1.05. The number of hydrogen-bond donors (Lipinski definition) is 2. The van der Waals surface area contributed by atoms with Crippen molar-refractivity contribution in [2.45, 2.75) is 26.8 Å². The average molecular weight is 374 g/mol. The third kappa shape index (κ3) is 3.90. The summed E-state index contributed by atoms with van der Waals surface area (Å²) in [4.78, 5) is 18.1. The Hall–Kier alpha value is -2.62. The molecule has 0 aliphatic carbocycles. The summed E-state index contributed by atoms with van der Waals surface area (Å²) in [5.74, 6) is 3.78. The number of nitrogens with zero attached hydrogens (tertiary/aromatic N) is 6. The maximum atomic E-state index is 6.44. The quantitative estimate of drug-likeness (QED) is 0.786. The highest BCUT2D eigenvalue weighted by atomic mass is 16.5. The molecule has 2 aromatic rings. The van der Waals surface area contributed by atoms with Gasteiger partial charge in [0.05, 0.1) is 19.8 Å². The van der Waals surface area contributed by atoms with Gasteiger partial charge in [-0.2, -0.15) is 15.0 Å². The molecule has 10 nitrogen and oxygen atoms in total. The molecular formula is C17H26N8O2. The maximum Gasteiger partial charge on any atom is 0.245 e. The van der Waals surface area contributed by atoms with Crippen LogP contribution in [-0.2, 0) is 11.3 Å². The van der Waals surface area contributed by atoms with Crippen molar-refractivity contribution in [1.82, 2.24) is 20.1 Å². The Bertz CT molecular complexity index is 789. The highest BCUT2D eigenvalue weighted by Gasteiger charge is 2.26. The van der Waals surface area contributed by atoms with E-state index in [-0.39, 0.29) is 0 Å². The standard InChI is InChI=1S/C17H26N8O2/c1-11-3-4-25(10-11)16-14(18)15(19-9-13-20-12(2)23-27-13)21-17(22-16)24-5-7-26-8-6-24/h11H,3-10,18H2,1-2H3,(H,19,21,22). The van der Waals surface area contributed by atoms with E-state index >= 15 is 0 Å². The Kier molecular flexibility index (Phi) is 4.97. The summed E-state index contributed by atoms with van der Waals surface area (Å²) in [6.45, 7) is 9.18. The van der Waals surface area contributed by atoms with Gasteiger partial charge >= 0.3 is 0 Å². The van der Waals surface area contributed by atoms with Crippen LogP contribution in [-0.4, -0.2) is 59.5 Å². The SMILES string of the molecule is Cc1noc(CNc2nc(N3CCOCC3)nc(N3CCC(C)C3)c2N)n1. The van der Waals surface area contributed by atoms with Gasteiger partial charge < -0.3 is 30.1 Å². The Morgan fingerprint density at radius 3 is 2.63 bits per heavy atom. The van der Waals surface area contributed by atoms with Gasteiger partial charge in [0.1, 0.15) is 5.69 Å². The van der Waals surface area contributed by atoms with Gasteiger partial charge in [-0.3, -0.25) is 0 Å². The van der Waals surface area contributed by atoms with Crippen LogP contribution in [0.2, 0.25) is 0 Å². The lowest BCUT2D eigenvalue weighted by Gasteiger charge is -2.29. The van der Waals surface area contributed by atoms with Gasteiger partial charge in [-0.15, -0.1) is 0 Å². The Labute approximate surface area is 158 Å². The van der Waals surface area contributed by atoms with Crippen molar-refractivity contribution >= 4 is 23.3 Å². The normalized spacial score (nSPS) is 20.3. The van der Waals surface area contributed by atoms with Crippen LogP contribution in [0.3, 0.4) is 0 Å². The topological polar surface area (TPSA) is 118 Å². The number of hydrogen-bond acceptors (Lipinski definition) is 10. The molecule has 2 fully saturated rings. The van der Waals surface area contributed by atoms with Gasteiger partial charge in [0.2, 0.25) is 11.8 Å². The molecule has 27 heavy (non-hydrogen) atoms. The van der Waals surface area contributed by atoms with Crippen LogP contribution in [0, 0.1) is 12.8 Å². The minimum Gasteiger partial charge on any atom is -0.393 e. The first-order chi connectivity index (χ1) is 13.1. The van der Waals surface area contributed by atoms with E-state index in [1.165, 1.54) is 0 Å². The molecule has 0 spiro atoms. The first-order valence-corrected chi connectivity index (χ1v) is 9.38. The van der Waals surface area contributed by atoms with Crippen molar-refractivity contribution in [3.8, 4) is 0 Å². The summed E-state index contributed by atoms with van der Waals surface area (Å²) in [7, 11) is 0. The summed E-state index contributed by atoms with van der Waals surface area (Å²) in [6.07, 6.45) is 1.14. The lowest BCUT2D eigenvalue weighted by molar-refractivity contribution is 0.122. The highest BCUT2D eigenvalue weighted by Crippen LogP contribution is 2.33. The predicted molar refractivity (Wildman–Crippen MR) is 102 cm³/mol. The second-order valence-corrected chi connectivity index (χ2v) is 7.14. The molecule has 10 heteroatoms. The number of aryl methyl sites for hydroxylation is 1. The molecule has 2 aliphatic heterocycles. The number of nitrogens with one attached hydrogen (secondary N) is 1. The fourth-order valence-corrected chi connectivity index (χ4v) is 3.43. The molecule has 2 saturated heterocycles. The number of nitrogens with two attached hydrogens (primary N) is 1. The van der Waals surface area contributed by atoms with E-state index in [0.717, 1.165) is 38.4 Å². The molecule has 2 aromatic heterocycles. The third-order valence-electron chi connectivity index (χ3n) is 4.91. The summed E-state index contributed by atoms with van der Waals surface area (Å²) >= 11 is 0. The molecule has 1 atom stereocenters. The Morgan fingerprint density at radius 1 is 1.15 bits per heavy atom. The molecule has 0 amide bonds. The van der Waals surface area contributed by atoms with E-state index in [9.17, 15) is 0 Å². The van der Waals surface area contributed by atoms with Crippen LogP contribution >= 0.6 is 0 Å². The zero-order valence-corrected chi connectivity index (χ0v) is 15.8. The van der Waals surface area contributed by atoms with Crippen LogP contribution in [0.5, 0.6) is 0 Å². The number of anilines is 4. The molecule has 4 rings (SSSR count). The zero-order valence-electron chi connectivity index (χ0n) is 15.8. The maximum absolute atomic E-state index is 6.44. The molecule has 3 N–H and O–H groups in total. The monoisotopic (exact) mass is 374 g/mol. The highest BCUT2D eigenvalue weighted by molar-refractivity contribution is 5.77. The first-order valence-electron chi connectivity index (χ1n) is 9.38. The second kappa shape index (κ2) is 7.55. The third-order valence-corrected chi connectivity index (χ3v) is 4.91. The smallest absolute Gasteiger partial charge is 0.245 e. The first kappa shape index (κ1) is 17.8. The average Bonchev–Trinajstić information content (AvgIpc) is 3.30. The molecule has 0 radical (unpaired) electrons. The van der Waals surface area contributed by atoms with E-state index in [2.05, 4.69) is 37.2 Å². The van der Waals surface area contributed by atoms with Gasteiger partial charge in [0, 0.05) is 26.2 Å². The van der Waals surface area contributed by atoms with Crippen molar-refractivity contribution in [2.75, 3.05) is 60.2 Å². The van der Waals surface area contributed by atoms with Crippen molar-refractivity contribution in [1.29, 1.82) is 0 Å². The fraction of sp³-hybridized carbons (Fsp3) is 0.647. The van der Waals surface area contributed by atoms with Gasteiger partial charge in [-0.1, -0.05) is 12.1 Å². The molecule has 0 bridgehead atoms. The number of nitrogen functional groups attached to an aromatic ring is 1. The largest absolute Gasteiger partial charge is 0.393 e. The van der Waals surface area contributed by atoms with Crippen molar-refractivity contribution in [3.63, 3.8) is 0 Å². The fourth-order valence-electron chi connectivity index (χ4n) is 3.43.